The van der Waals surface area contributed by atoms with Crippen molar-refractivity contribution in [2.24, 2.45) is 5.92 Å². The molecule has 0 saturated carbocycles. The van der Waals surface area contributed by atoms with Crippen LogP contribution in [0.5, 0.6) is 0 Å². The van der Waals surface area contributed by atoms with Crippen LogP contribution in [-0.2, 0) is 12.7 Å². The SMILES string of the molecule is FC(F)(F)c1ccccc1CN1CCCC(CNc2cc(-c3ccccc3Cl)nc3c(Br)cnn23)C1. The molecule has 1 saturated heterocycles. The van der Waals surface area contributed by atoms with E-state index in [9.17, 15) is 13.2 Å². The predicted molar refractivity (Wildman–Crippen MR) is 139 cm³/mol. The van der Waals surface area contributed by atoms with Gasteiger partial charge in [-0.15, -0.1) is 0 Å². The molecule has 1 N–H and O–H groups in total. The fourth-order valence-corrected chi connectivity index (χ4v) is 5.34. The fraction of sp³-hybridized carbons (Fsp3) is 0.308. The summed E-state index contributed by atoms with van der Waals surface area (Å²) in [6.07, 6.45) is -0.717. The van der Waals surface area contributed by atoms with E-state index < -0.39 is 11.7 Å². The van der Waals surface area contributed by atoms with Gasteiger partial charge < -0.3 is 5.32 Å². The largest absolute Gasteiger partial charge is 0.416 e. The molecule has 36 heavy (non-hydrogen) atoms. The van der Waals surface area contributed by atoms with Crippen molar-refractivity contribution in [3.05, 3.63) is 81.4 Å². The average Bonchev–Trinajstić information content (AvgIpc) is 3.23. The predicted octanol–water partition coefficient (Wildman–Crippen LogP) is 7.16. The maximum absolute atomic E-state index is 13.4. The molecular formula is C26H24BrClF3N5. The number of hydrogen-bond acceptors (Lipinski definition) is 4. The summed E-state index contributed by atoms with van der Waals surface area (Å²) in [5.41, 5.74) is 1.99. The van der Waals surface area contributed by atoms with Crippen molar-refractivity contribution in [2.75, 3.05) is 25.0 Å². The van der Waals surface area contributed by atoms with Crippen molar-refractivity contribution in [2.45, 2.75) is 25.6 Å². The smallest absolute Gasteiger partial charge is 0.370 e. The Morgan fingerprint density at radius 3 is 2.69 bits per heavy atom. The molecular weight excluding hydrogens is 555 g/mol. The zero-order valence-corrected chi connectivity index (χ0v) is 21.6. The molecule has 2 aromatic heterocycles. The number of benzene rings is 2. The summed E-state index contributed by atoms with van der Waals surface area (Å²) in [6, 6.07) is 15.3. The number of nitrogens with one attached hydrogen (secondary N) is 1. The van der Waals surface area contributed by atoms with Crippen molar-refractivity contribution < 1.29 is 13.2 Å². The summed E-state index contributed by atoms with van der Waals surface area (Å²) in [6.45, 7) is 2.45. The Labute approximate surface area is 220 Å². The minimum absolute atomic E-state index is 0.280. The quantitative estimate of drug-likeness (QED) is 0.264. The van der Waals surface area contributed by atoms with Crippen LogP contribution in [0.3, 0.4) is 0 Å². The number of hydrogen-bond donors (Lipinski definition) is 1. The Hall–Kier alpha value is -2.62. The molecule has 0 bridgehead atoms. The normalized spacial score (nSPS) is 17.0. The molecule has 0 amide bonds. The van der Waals surface area contributed by atoms with Gasteiger partial charge in [-0.1, -0.05) is 48.0 Å². The zero-order valence-electron chi connectivity index (χ0n) is 19.3. The van der Waals surface area contributed by atoms with Gasteiger partial charge in [-0.3, -0.25) is 4.90 Å². The first kappa shape index (κ1) is 25.0. The van der Waals surface area contributed by atoms with E-state index in [1.165, 1.54) is 6.07 Å². The Kier molecular flexibility index (Phi) is 7.23. The molecule has 1 aliphatic heterocycles. The first-order chi connectivity index (χ1) is 17.3. The van der Waals surface area contributed by atoms with Crippen LogP contribution in [0.2, 0.25) is 5.02 Å². The average molecular weight is 579 g/mol. The highest BCUT2D eigenvalue weighted by Crippen LogP contribution is 2.33. The minimum atomic E-state index is -4.35. The summed E-state index contributed by atoms with van der Waals surface area (Å²) in [4.78, 5) is 6.85. The van der Waals surface area contributed by atoms with Crippen molar-refractivity contribution in [1.29, 1.82) is 0 Å². The number of aromatic nitrogens is 3. The number of halogens is 5. The van der Waals surface area contributed by atoms with Crippen LogP contribution in [0.15, 0.2) is 65.3 Å². The van der Waals surface area contributed by atoms with Crippen LogP contribution in [-0.4, -0.2) is 39.1 Å². The highest BCUT2D eigenvalue weighted by atomic mass is 79.9. The molecule has 0 radical (unpaired) electrons. The van der Waals surface area contributed by atoms with E-state index in [0.29, 0.717) is 29.3 Å². The fourth-order valence-electron chi connectivity index (χ4n) is 4.75. The van der Waals surface area contributed by atoms with Gasteiger partial charge in [0.15, 0.2) is 5.65 Å². The van der Waals surface area contributed by atoms with E-state index in [4.69, 9.17) is 16.6 Å². The highest BCUT2D eigenvalue weighted by Gasteiger charge is 2.33. The third-order valence-electron chi connectivity index (χ3n) is 6.47. The Morgan fingerprint density at radius 2 is 1.89 bits per heavy atom. The maximum atomic E-state index is 13.4. The van der Waals surface area contributed by atoms with Gasteiger partial charge >= 0.3 is 6.18 Å². The molecule has 1 atom stereocenters. The van der Waals surface area contributed by atoms with Crippen LogP contribution >= 0.6 is 27.5 Å². The van der Waals surface area contributed by atoms with Gasteiger partial charge in [0.1, 0.15) is 5.82 Å². The molecule has 0 aliphatic carbocycles. The number of nitrogens with zero attached hydrogens (tertiary/aromatic N) is 4. The maximum Gasteiger partial charge on any atom is 0.416 e. The van der Waals surface area contributed by atoms with E-state index >= 15 is 0 Å². The molecule has 2 aromatic carbocycles. The second kappa shape index (κ2) is 10.4. The Balaban J connectivity index is 1.33. The van der Waals surface area contributed by atoms with E-state index in [0.717, 1.165) is 47.0 Å². The Morgan fingerprint density at radius 1 is 1.11 bits per heavy atom. The number of alkyl halides is 3. The van der Waals surface area contributed by atoms with E-state index in [1.807, 2.05) is 30.3 Å². The second-order valence-electron chi connectivity index (χ2n) is 9.01. The molecule has 10 heteroatoms. The van der Waals surface area contributed by atoms with Gasteiger partial charge in [-0.05, 0) is 58.9 Å². The lowest BCUT2D eigenvalue weighted by Crippen LogP contribution is -2.38. The lowest BCUT2D eigenvalue weighted by Gasteiger charge is -2.33. The van der Waals surface area contributed by atoms with Gasteiger partial charge in [-0.25, -0.2) is 4.98 Å². The van der Waals surface area contributed by atoms with Crippen LogP contribution in [0.4, 0.5) is 19.0 Å². The third kappa shape index (κ3) is 5.38. The van der Waals surface area contributed by atoms with Crippen LogP contribution in [0.25, 0.3) is 16.9 Å². The van der Waals surface area contributed by atoms with Crippen LogP contribution in [0.1, 0.15) is 24.0 Å². The molecule has 1 aliphatic rings. The van der Waals surface area contributed by atoms with E-state index in [1.54, 1.807) is 22.8 Å². The van der Waals surface area contributed by atoms with Gasteiger partial charge in [0.25, 0.3) is 0 Å². The van der Waals surface area contributed by atoms with Crippen molar-refractivity contribution in [1.82, 2.24) is 19.5 Å². The highest BCUT2D eigenvalue weighted by molar-refractivity contribution is 9.10. The van der Waals surface area contributed by atoms with Crippen LogP contribution in [0, 0.1) is 5.92 Å². The molecule has 4 aromatic rings. The van der Waals surface area contributed by atoms with Crippen LogP contribution < -0.4 is 5.32 Å². The van der Waals surface area contributed by atoms with Crippen molar-refractivity contribution in [3.8, 4) is 11.3 Å². The lowest BCUT2D eigenvalue weighted by atomic mass is 9.96. The first-order valence-corrected chi connectivity index (χ1v) is 12.9. The summed E-state index contributed by atoms with van der Waals surface area (Å²) in [5.74, 6) is 1.06. The standard InChI is InChI=1S/C26H24BrClF3N5/c27-21-14-33-36-24(12-23(34-25(21)36)19-8-2-4-10-22(19)28)32-13-17-6-5-11-35(15-17)16-18-7-1-3-9-20(18)26(29,30)31/h1-4,7-10,12,14,17,32H,5-6,11,13,15-16H2. The molecule has 188 valence electrons. The van der Waals surface area contributed by atoms with Crippen molar-refractivity contribution in [3.63, 3.8) is 0 Å². The van der Waals surface area contributed by atoms with Gasteiger partial charge in [0, 0.05) is 36.3 Å². The molecule has 3 heterocycles. The second-order valence-corrected chi connectivity index (χ2v) is 10.3. The summed E-state index contributed by atoms with van der Waals surface area (Å²) in [7, 11) is 0. The summed E-state index contributed by atoms with van der Waals surface area (Å²) >= 11 is 9.95. The molecule has 5 rings (SSSR count). The first-order valence-electron chi connectivity index (χ1n) is 11.7. The molecule has 5 nitrogen and oxygen atoms in total. The van der Waals surface area contributed by atoms with E-state index in [-0.39, 0.29) is 12.5 Å². The molecule has 1 unspecified atom stereocenters. The number of piperidine rings is 1. The summed E-state index contributed by atoms with van der Waals surface area (Å²) in [5, 5.41) is 8.56. The summed E-state index contributed by atoms with van der Waals surface area (Å²) < 4.78 is 42.8. The number of rotatable bonds is 6. The van der Waals surface area contributed by atoms with Gasteiger partial charge in [0.05, 0.1) is 21.9 Å². The number of fused-ring (bicyclic) bond motifs is 1. The monoisotopic (exact) mass is 577 g/mol. The van der Waals surface area contributed by atoms with Gasteiger partial charge in [0.2, 0.25) is 0 Å². The number of likely N-dealkylation sites (tertiary alicyclic amines) is 1. The zero-order chi connectivity index (χ0) is 25.3. The lowest BCUT2D eigenvalue weighted by molar-refractivity contribution is -0.138. The van der Waals surface area contributed by atoms with Gasteiger partial charge in [-0.2, -0.15) is 22.8 Å². The minimum Gasteiger partial charge on any atom is -0.370 e. The number of anilines is 1. The molecule has 0 spiro atoms. The molecule has 1 fully saturated rings. The Bertz CT molecular complexity index is 1370. The third-order valence-corrected chi connectivity index (χ3v) is 7.36. The van der Waals surface area contributed by atoms with E-state index in [2.05, 4.69) is 31.2 Å². The topological polar surface area (TPSA) is 45.5 Å². The van der Waals surface area contributed by atoms with Crippen molar-refractivity contribution >= 4 is 39.0 Å².